The number of fused-ring (bicyclic) bond motifs is 3. The molecule has 1 aliphatic heterocycles. The molecule has 0 spiro atoms. The predicted octanol–water partition coefficient (Wildman–Crippen LogP) is 4.50. The minimum Gasteiger partial charge on any atom is -0.339 e. The van der Waals surface area contributed by atoms with Crippen molar-refractivity contribution in [3.05, 3.63) is 40.7 Å². The van der Waals surface area contributed by atoms with E-state index in [0.717, 1.165) is 59.1 Å². The number of benzene rings is 1. The van der Waals surface area contributed by atoms with Gasteiger partial charge in [0.2, 0.25) is 11.9 Å². The summed E-state index contributed by atoms with van der Waals surface area (Å²) in [6.45, 7) is 2.88. The first-order chi connectivity index (χ1) is 15.7. The van der Waals surface area contributed by atoms with Gasteiger partial charge in [0.25, 0.3) is 0 Å². The molecule has 1 aromatic carbocycles. The maximum Gasteiger partial charge on any atom is 0.225 e. The van der Waals surface area contributed by atoms with E-state index in [9.17, 15) is 4.79 Å². The van der Waals surface area contributed by atoms with Gasteiger partial charge in [0.1, 0.15) is 0 Å². The second-order valence-electron chi connectivity index (χ2n) is 8.53. The van der Waals surface area contributed by atoms with E-state index < -0.39 is 0 Å². The number of thiophene rings is 1. The summed E-state index contributed by atoms with van der Waals surface area (Å²) in [5, 5.41) is 12.7. The van der Waals surface area contributed by atoms with Gasteiger partial charge in [0.05, 0.1) is 10.4 Å². The normalized spacial score (nSPS) is 17.7. The molecule has 2 fully saturated rings. The lowest BCUT2D eigenvalue weighted by Crippen LogP contribution is -2.50. The third-order valence-electron chi connectivity index (χ3n) is 6.60. The summed E-state index contributed by atoms with van der Waals surface area (Å²) in [4.78, 5) is 23.2. The Morgan fingerprint density at radius 2 is 1.88 bits per heavy atom. The molecule has 0 atom stereocenters. The lowest BCUT2D eigenvalue weighted by atomic mass is 10.1. The molecule has 3 aromatic heterocycles. The monoisotopic (exact) mass is 466 g/mol. The molecule has 1 saturated carbocycles. The van der Waals surface area contributed by atoms with Gasteiger partial charge in [-0.05, 0) is 42.5 Å². The van der Waals surface area contributed by atoms with Crippen molar-refractivity contribution in [1.29, 1.82) is 0 Å². The molecule has 0 radical (unpaired) electrons. The fourth-order valence-corrected chi connectivity index (χ4v) is 5.79. The Morgan fingerprint density at radius 1 is 1.06 bits per heavy atom. The van der Waals surface area contributed by atoms with E-state index in [-0.39, 0.29) is 5.92 Å². The zero-order chi connectivity index (χ0) is 21.7. The molecule has 1 saturated heterocycles. The second-order valence-corrected chi connectivity index (χ2v) is 9.91. The molecule has 1 aliphatic carbocycles. The maximum absolute atomic E-state index is 12.9. The highest BCUT2D eigenvalue weighted by atomic mass is 35.5. The molecule has 0 unspecified atom stereocenters. The molecule has 1 amide bonds. The number of carbonyl (C=O) groups excluding carboxylic acids is 1. The molecule has 4 aromatic rings. The number of anilines is 1. The topological polar surface area (TPSA) is 66.6 Å². The van der Waals surface area contributed by atoms with Crippen LogP contribution in [0.2, 0.25) is 5.02 Å². The van der Waals surface area contributed by atoms with E-state index in [2.05, 4.69) is 25.6 Å². The van der Waals surface area contributed by atoms with E-state index in [1.54, 1.807) is 11.3 Å². The van der Waals surface area contributed by atoms with Crippen molar-refractivity contribution >= 4 is 51.3 Å². The van der Waals surface area contributed by atoms with Gasteiger partial charge >= 0.3 is 0 Å². The van der Waals surface area contributed by atoms with Gasteiger partial charge in [-0.25, -0.2) is 9.38 Å². The van der Waals surface area contributed by atoms with Crippen LogP contribution in [0, 0.1) is 5.92 Å². The minimum atomic E-state index is 0.220. The average Bonchev–Trinajstić information content (AvgIpc) is 3.59. The fraction of sp³-hybridized carbons (Fsp3) is 0.391. The molecule has 32 heavy (non-hydrogen) atoms. The van der Waals surface area contributed by atoms with Gasteiger partial charge < -0.3 is 9.80 Å². The van der Waals surface area contributed by atoms with Crippen LogP contribution in [-0.2, 0) is 4.79 Å². The highest BCUT2D eigenvalue weighted by Gasteiger charge is 2.31. The quantitative estimate of drug-likeness (QED) is 0.444. The van der Waals surface area contributed by atoms with Crippen LogP contribution in [0.15, 0.2) is 35.7 Å². The fourth-order valence-electron chi connectivity index (χ4n) is 4.93. The Balaban J connectivity index is 1.39. The summed E-state index contributed by atoms with van der Waals surface area (Å²) in [5.41, 5.74) is 1.57. The number of rotatable bonds is 3. The van der Waals surface area contributed by atoms with Crippen molar-refractivity contribution in [2.75, 3.05) is 31.1 Å². The van der Waals surface area contributed by atoms with Crippen LogP contribution in [-0.4, -0.2) is 56.6 Å². The van der Waals surface area contributed by atoms with Crippen molar-refractivity contribution < 1.29 is 4.79 Å². The molecule has 0 N–H and O–H groups in total. The van der Waals surface area contributed by atoms with Crippen molar-refractivity contribution in [3.8, 4) is 10.7 Å². The van der Waals surface area contributed by atoms with Gasteiger partial charge in [-0.15, -0.1) is 21.5 Å². The van der Waals surface area contributed by atoms with Crippen molar-refractivity contribution in [2.24, 2.45) is 5.92 Å². The lowest BCUT2D eigenvalue weighted by molar-refractivity contribution is -0.135. The molecule has 2 aliphatic rings. The van der Waals surface area contributed by atoms with Gasteiger partial charge in [-0.3, -0.25) is 4.79 Å². The molecule has 7 nitrogen and oxygen atoms in total. The van der Waals surface area contributed by atoms with E-state index in [1.807, 2.05) is 34.5 Å². The molecule has 164 valence electrons. The highest BCUT2D eigenvalue weighted by Crippen LogP contribution is 2.32. The number of hydrogen-bond acceptors (Lipinski definition) is 6. The van der Waals surface area contributed by atoms with Gasteiger partial charge in [-0.1, -0.05) is 30.5 Å². The Hall–Kier alpha value is -2.71. The van der Waals surface area contributed by atoms with E-state index in [4.69, 9.17) is 16.6 Å². The highest BCUT2D eigenvalue weighted by molar-refractivity contribution is 7.13. The molecular weight excluding hydrogens is 444 g/mol. The van der Waals surface area contributed by atoms with Crippen molar-refractivity contribution in [1.82, 2.24) is 24.5 Å². The summed E-state index contributed by atoms with van der Waals surface area (Å²) in [5.74, 6) is 2.14. The van der Waals surface area contributed by atoms with Gasteiger partial charge in [0, 0.05) is 42.5 Å². The Morgan fingerprint density at radius 3 is 2.62 bits per heavy atom. The Kier molecular flexibility index (Phi) is 4.99. The number of nitrogens with zero attached hydrogens (tertiary/aromatic N) is 6. The minimum absolute atomic E-state index is 0.220. The third kappa shape index (κ3) is 3.33. The van der Waals surface area contributed by atoms with Gasteiger partial charge in [0.15, 0.2) is 11.5 Å². The number of hydrogen-bond donors (Lipinski definition) is 0. The third-order valence-corrected chi connectivity index (χ3v) is 7.71. The first kappa shape index (κ1) is 19.9. The van der Waals surface area contributed by atoms with Crippen LogP contribution >= 0.6 is 22.9 Å². The summed E-state index contributed by atoms with van der Waals surface area (Å²) < 4.78 is 2.05. The van der Waals surface area contributed by atoms with E-state index in [1.165, 1.54) is 12.8 Å². The van der Waals surface area contributed by atoms with Crippen LogP contribution in [0.4, 0.5) is 5.95 Å². The van der Waals surface area contributed by atoms with Crippen molar-refractivity contribution in [2.45, 2.75) is 25.7 Å². The summed E-state index contributed by atoms with van der Waals surface area (Å²) in [6, 6.07) is 9.75. The number of halogens is 1. The summed E-state index contributed by atoms with van der Waals surface area (Å²) in [6.07, 6.45) is 4.43. The SMILES string of the molecule is O=C(C1CCCC1)N1CCN(c2nc3cc(Cl)ccc3c3nnc(-c4cccs4)n23)CC1. The van der Waals surface area contributed by atoms with E-state index >= 15 is 0 Å². The Bertz CT molecular complexity index is 1290. The maximum atomic E-state index is 12.9. The zero-order valence-corrected chi connectivity index (χ0v) is 19.1. The Labute approximate surface area is 194 Å². The largest absolute Gasteiger partial charge is 0.339 e. The zero-order valence-electron chi connectivity index (χ0n) is 17.6. The summed E-state index contributed by atoms with van der Waals surface area (Å²) >= 11 is 7.91. The van der Waals surface area contributed by atoms with E-state index in [0.29, 0.717) is 24.0 Å². The van der Waals surface area contributed by atoms with Gasteiger partial charge in [-0.2, -0.15) is 0 Å². The number of carbonyl (C=O) groups is 1. The molecular formula is C23H23ClN6OS. The van der Waals surface area contributed by atoms with Crippen LogP contribution in [0.25, 0.3) is 27.3 Å². The summed E-state index contributed by atoms with van der Waals surface area (Å²) in [7, 11) is 0. The number of aromatic nitrogens is 4. The van der Waals surface area contributed by atoms with Crippen LogP contribution in [0.1, 0.15) is 25.7 Å². The second kappa shape index (κ2) is 8.01. The standard InChI is InChI=1S/C23H23ClN6OS/c24-16-7-8-17-18(14-16)25-23(30-20(17)26-27-21(30)19-6-3-13-32-19)29-11-9-28(10-12-29)22(31)15-4-1-2-5-15/h3,6-8,13-15H,1-2,4-5,9-12H2. The lowest BCUT2D eigenvalue weighted by Gasteiger charge is -2.36. The van der Waals surface area contributed by atoms with Crippen LogP contribution in [0.5, 0.6) is 0 Å². The molecule has 0 bridgehead atoms. The van der Waals surface area contributed by atoms with Crippen LogP contribution in [0.3, 0.4) is 0 Å². The molecule has 4 heterocycles. The number of amides is 1. The average molecular weight is 467 g/mol. The molecule has 6 rings (SSSR count). The predicted molar refractivity (Wildman–Crippen MR) is 127 cm³/mol. The first-order valence-corrected chi connectivity index (χ1v) is 12.4. The number of piperazine rings is 1. The smallest absolute Gasteiger partial charge is 0.225 e. The molecule has 9 heteroatoms. The van der Waals surface area contributed by atoms with Crippen LogP contribution < -0.4 is 4.90 Å². The first-order valence-electron chi connectivity index (χ1n) is 11.1. The van der Waals surface area contributed by atoms with Crippen molar-refractivity contribution in [3.63, 3.8) is 0 Å².